The summed E-state index contributed by atoms with van der Waals surface area (Å²) in [5.41, 5.74) is 18.4. The number of nitrogens with zero attached hydrogens (tertiary/aromatic N) is 2. The molecule has 6 aromatic rings. The van der Waals surface area contributed by atoms with Gasteiger partial charge >= 0.3 is 0 Å². The average Bonchev–Trinajstić information content (AvgIpc) is 3.41. The summed E-state index contributed by atoms with van der Waals surface area (Å²) in [4.78, 5) is 10.5. The molecule has 4 aliphatic rings. The smallest absolute Gasteiger partial charge is 0.160 e. The van der Waals surface area contributed by atoms with E-state index in [2.05, 4.69) is 183 Å². The van der Waals surface area contributed by atoms with Gasteiger partial charge in [-0.05, 0) is 91.6 Å². The Bertz CT molecular complexity index is 2970. The van der Waals surface area contributed by atoms with Gasteiger partial charge in [0.05, 0.1) is 5.71 Å². The third-order valence-electron chi connectivity index (χ3n) is 11.9. The monoisotopic (exact) mass is 742 g/mol. The van der Waals surface area contributed by atoms with E-state index in [-0.39, 0.29) is 11.3 Å². The molecular weight excluding hydrogens is 701 g/mol. The van der Waals surface area contributed by atoms with Crippen LogP contribution in [0.1, 0.15) is 47.6 Å². The fourth-order valence-electron chi connectivity index (χ4n) is 9.14. The van der Waals surface area contributed by atoms with E-state index in [1.165, 1.54) is 49.4 Å². The largest absolute Gasteiger partial charge is 0.232 e. The molecule has 6 aromatic carbocycles. The molecule has 0 spiro atoms. The number of benzene rings is 6. The molecule has 0 amide bonds. The molecule has 0 radical (unpaired) electrons. The SMILES string of the molecule is C[C@@]12C=CC=CC1=c1ccccc1=C1C(c3cccc(-c4cccc(C5=NC(c6ccccc6)=NC(c6ccccc6)=C=CCC5)c4)c3)=CC=C(c3ccccc3)C12. The predicted octanol–water partition coefficient (Wildman–Crippen LogP) is 11.8. The Morgan fingerprint density at radius 3 is 1.90 bits per heavy atom. The van der Waals surface area contributed by atoms with Crippen molar-refractivity contribution >= 4 is 39.5 Å². The highest BCUT2D eigenvalue weighted by Gasteiger charge is 2.45. The van der Waals surface area contributed by atoms with Crippen molar-refractivity contribution in [2.75, 3.05) is 0 Å². The molecule has 0 bridgehead atoms. The lowest BCUT2D eigenvalue weighted by Gasteiger charge is -2.45. The van der Waals surface area contributed by atoms with Crippen LogP contribution in [0.15, 0.2) is 222 Å². The zero-order chi connectivity index (χ0) is 38.9. The summed E-state index contributed by atoms with van der Waals surface area (Å²) in [5, 5.41) is 2.63. The number of allylic oxidation sites excluding steroid dienone is 9. The van der Waals surface area contributed by atoms with Crippen LogP contribution in [0.4, 0.5) is 0 Å². The van der Waals surface area contributed by atoms with Crippen LogP contribution in [0, 0.1) is 11.3 Å². The van der Waals surface area contributed by atoms with Gasteiger partial charge in [0.1, 0.15) is 5.70 Å². The summed E-state index contributed by atoms with van der Waals surface area (Å²) >= 11 is 0. The first-order chi connectivity index (χ1) is 28.6. The molecule has 0 aromatic heterocycles. The zero-order valence-electron chi connectivity index (χ0n) is 32.5. The van der Waals surface area contributed by atoms with Crippen molar-refractivity contribution in [3.8, 4) is 11.1 Å². The highest BCUT2D eigenvalue weighted by Crippen LogP contribution is 2.55. The van der Waals surface area contributed by atoms with Gasteiger partial charge in [-0.15, -0.1) is 0 Å². The lowest BCUT2D eigenvalue weighted by atomic mass is 9.57. The van der Waals surface area contributed by atoms with Crippen LogP contribution < -0.4 is 10.4 Å². The second kappa shape index (κ2) is 15.1. The topological polar surface area (TPSA) is 24.7 Å². The van der Waals surface area contributed by atoms with Gasteiger partial charge in [-0.3, -0.25) is 0 Å². The normalized spacial score (nSPS) is 19.5. The first-order valence-corrected chi connectivity index (χ1v) is 20.3. The van der Waals surface area contributed by atoms with Gasteiger partial charge in [0.25, 0.3) is 0 Å². The second-order valence-corrected chi connectivity index (χ2v) is 15.5. The van der Waals surface area contributed by atoms with Gasteiger partial charge in [-0.2, -0.15) is 0 Å². The fourth-order valence-corrected chi connectivity index (χ4v) is 9.14. The second-order valence-electron chi connectivity index (χ2n) is 15.5. The summed E-state index contributed by atoms with van der Waals surface area (Å²) in [7, 11) is 0. The van der Waals surface area contributed by atoms with Gasteiger partial charge < -0.3 is 0 Å². The van der Waals surface area contributed by atoms with E-state index in [4.69, 9.17) is 9.98 Å². The number of rotatable bonds is 6. The lowest BCUT2D eigenvalue weighted by Crippen LogP contribution is -2.45. The van der Waals surface area contributed by atoms with Gasteiger partial charge in [0, 0.05) is 22.5 Å². The predicted molar refractivity (Wildman–Crippen MR) is 243 cm³/mol. The van der Waals surface area contributed by atoms with Crippen molar-refractivity contribution in [2.45, 2.75) is 19.8 Å². The third-order valence-corrected chi connectivity index (χ3v) is 11.9. The molecule has 2 heteroatoms. The van der Waals surface area contributed by atoms with Crippen molar-refractivity contribution in [1.82, 2.24) is 0 Å². The van der Waals surface area contributed by atoms with E-state index in [1.54, 1.807) is 0 Å². The minimum Gasteiger partial charge on any atom is -0.232 e. The Balaban J connectivity index is 1.09. The molecule has 0 fully saturated rings. The number of hydrogen-bond donors (Lipinski definition) is 0. The Hall–Kier alpha value is -7.12. The number of hydrogen-bond acceptors (Lipinski definition) is 2. The van der Waals surface area contributed by atoms with E-state index in [0.29, 0.717) is 5.84 Å². The van der Waals surface area contributed by atoms with Crippen molar-refractivity contribution < 1.29 is 0 Å². The van der Waals surface area contributed by atoms with Crippen LogP contribution in [-0.2, 0) is 0 Å². The summed E-state index contributed by atoms with van der Waals surface area (Å²) in [6.45, 7) is 2.42. The number of amidine groups is 1. The Morgan fingerprint density at radius 2 is 1.16 bits per heavy atom. The molecule has 2 atom stereocenters. The van der Waals surface area contributed by atoms with E-state index in [0.717, 1.165) is 46.5 Å². The van der Waals surface area contributed by atoms with E-state index < -0.39 is 0 Å². The number of aliphatic imine (C=N–C) groups is 2. The molecule has 2 nitrogen and oxygen atoms in total. The lowest BCUT2D eigenvalue weighted by molar-refractivity contribution is 0.496. The minimum absolute atomic E-state index is 0.140. The standard InChI is InChI=1S/C56H42N2/c1-56-36-16-15-31-50(56)48-29-11-12-30-49(48)53-46(34-35-47(54(53)56)39-19-5-2-6-20-39)44-27-17-25-42(37-44)43-26-18-28-45(38-43)52-33-14-13-32-51(40-21-7-3-8-22-40)57-55(58-52)41-23-9-4-10-24-41/h2-13,15-31,34-38,54H,14,33H2,1H3/t32?,54?,56-/m1/s1. The van der Waals surface area contributed by atoms with Crippen LogP contribution in [0.5, 0.6) is 0 Å². The molecule has 276 valence electrons. The molecule has 58 heavy (non-hydrogen) atoms. The molecule has 1 aliphatic heterocycles. The first kappa shape index (κ1) is 35.3. The van der Waals surface area contributed by atoms with E-state index >= 15 is 0 Å². The van der Waals surface area contributed by atoms with Gasteiger partial charge in [0.15, 0.2) is 5.84 Å². The molecule has 10 rings (SSSR count). The molecule has 1 unspecified atom stereocenters. The summed E-state index contributed by atoms with van der Waals surface area (Å²) < 4.78 is 0. The van der Waals surface area contributed by atoms with Crippen LogP contribution >= 0.6 is 0 Å². The van der Waals surface area contributed by atoms with Crippen LogP contribution in [0.2, 0.25) is 0 Å². The molecule has 3 aliphatic carbocycles. The van der Waals surface area contributed by atoms with Crippen molar-refractivity contribution in [3.05, 3.63) is 250 Å². The molecule has 1 heterocycles. The van der Waals surface area contributed by atoms with Crippen molar-refractivity contribution in [3.63, 3.8) is 0 Å². The summed E-state index contributed by atoms with van der Waals surface area (Å²) in [6.07, 6.45) is 17.6. The van der Waals surface area contributed by atoms with Crippen LogP contribution in [-0.4, -0.2) is 11.5 Å². The maximum Gasteiger partial charge on any atom is 0.160 e. The first-order valence-electron chi connectivity index (χ1n) is 20.3. The van der Waals surface area contributed by atoms with Gasteiger partial charge in [-0.1, -0.05) is 201 Å². The van der Waals surface area contributed by atoms with Crippen LogP contribution in [0.3, 0.4) is 0 Å². The Kier molecular flexibility index (Phi) is 9.18. The maximum absolute atomic E-state index is 5.33. The highest BCUT2D eigenvalue weighted by atomic mass is 14.9. The van der Waals surface area contributed by atoms with Crippen molar-refractivity contribution in [2.24, 2.45) is 21.3 Å². The molecule has 0 N–H and O–H groups in total. The molecule has 0 saturated carbocycles. The maximum atomic E-state index is 5.33. The van der Waals surface area contributed by atoms with Gasteiger partial charge in [-0.25, -0.2) is 9.98 Å². The summed E-state index contributed by atoms with van der Waals surface area (Å²) in [5.74, 6) is 0.828. The van der Waals surface area contributed by atoms with Crippen molar-refractivity contribution in [1.29, 1.82) is 0 Å². The zero-order valence-corrected chi connectivity index (χ0v) is 32.5. The molecular formula is C56H42N2. The Labute approximate surface area is 340 Å². The summed E-state index contributed by atoms with van der Waals surface area (Å²) in [6, 6.07) is 58.4. The minimum atomic E-state index is -0.211. The number of fused-ring (bicyclic) bond motifs is 4. The molecule has 0 saturated heterocycles. The Morgan fingerprint density at radius 1 is 0.552 bits per heavy atom. The van der Waals surface area contributed by atoms with E-state index in [9.17, 15) is 0 Å². The van der Waals surface area contributed by atoms with Crippen LogP contribution in [0.25, 0.3) is 39.1 Å². The quantitative estimate of drug-likeness (QED) is 0.152. The van der Waals surface area contributed by atoms with E-state index in [1.807, 2.05) is 36.4 Å². The third kappa shape index (κ3) is 6.44. The van der Waals surface area contributed by atoms with Gasteiger partial charge in [0.2, 0.25) is 0 Å². The average molecular weight is 743 g/mol. The fraction of sp³-hybridized carbons (Fsp3) is 0.0893. The highest BCUT2D eigenvalue weighted by molar-refractivity contribution is 6.14.